The number of amides is 1. The topological polar surface area (TPSA) is 70.5 Å². The second-order valence-corrected chi connectivity index (χ2v) is 6.25. The van der Waals surface area contributed by atoms with Crippen molar-refractivity contribution in [2.75, 3.05) is 5.75 Å². The first kappa shape index (κ1) is 15.4. The molecule has 0 aliphatic carbocycles. The van der Waals surface area contributed by atoms with E-state index in [4.69, 9.17) is 23.2 Å². The number of hydrogen-bond acceptors (Lipinski definition) is 4. The standard InChI is InChI=1S/C12H12Cl2N2O3S/c1-2-10-16(7(5-20-10)12(18)19)11(17)6-3-8(13)15-9(14)4-6/h3-4,7,10H,2,5H2,1H3,(H,18,19). The Morgan fingerprint density at radius 1 is 1.45 bits per heavy atom. The van der Waals surface area contributed by atoms with Crippen LogP contribution in [0.2, 0.25) is 10.3 Å². The molecule has 0 radical (unpaired) electrons. The Morgan fingerprint density at radius 3 is 2.55 bits per heavy atom. The summed E-state index contributed by atoms with van der Waals surface area (Å²) in [5.41, 5.74) is 0.252. The van der Waals surface area contributed by atoms with Crippen LogP contribution < -0.4 is 0 Å². The minimum atomic E-state index is -1.01. The van der Waals surface area contributed by atoms with Crippen LogP contribution >= 0.6 is 35.0 Å². The fourth-order valence-corrected chi connectivity index (χ4v) is 3.89. The van der Waals surface area contributed by atoms with E-state index in [9.17, 15) is 14.7 Å². The summed E-state index contributed by atoms with van der Waals surface area (Å²) >= 11 is 13.0. The van der Waals surface area contributed by atoms with Gasteiger partial charge in [-0.25, -0.2) is 9.78 Å². The van der Waals surface area contributed by atoms with Crippen molar-refractivity contribution in [1.82, 2.24) is 9.88 Å². The molecule has 1 N–H and O–H groups in total. The number of aromatic nitrogens is 1. The van der Waals surface area contributed by atoms with Gasteiger partial charge in [-0.15, -0.1) is 11.8 Å². The number of aliphatic carboxylic acids is 1. The van der Waals surface area contributed by atoms with Gasteiger partial charge in [0.05, 0.1) is 5.37 Å². The van der Waals surface area contributed by atoms with E-state index in [1.54, 1.807) is 0 Å². The number of halogens is 2. The lowest BCUT2D eigenvalue weighted by Gasteiger charge is -2.26. The summed E-state index contributed by atoms with van der Waals surface area (Å²) in [5, 5.41) is 9.28. The van der Waals surface area contributed by atoms with Gasteiger partial charge in [0.1, 0.15) is 16.3 Å². The van der Waals surface area contributed by atoms with Crippen molar-refractivity contribution in [3.05, 3.63) is 28.0 Å². The first-order chi connectivity index (χ1) is 9.43. The summed E-state index contributed by atoms with van der Waals surface area (Å²) in [4.78, 5) is 29.0. The molecular formula is C12H12Cl2N2O3S. The summed E-state index contributed by atoms with van der Waals surface area (Å²) in [6.45, 7) is 1.91. The van der Waals surface area contributed by atoms with Crippen molar-refractivity contribution in [1.29, 1.82) is 0 Å². The zero-order valence-electron chi connectivity index (χ0n) is 10.5. The van der Waals surface area contributed by atoms with Gasteiger partial charge in [0.15, 0.2) is 0 Å². The second-order valence-electron chi connectivity index (χ2n) is 4.26. The Balaban J connectivity index is 2.35. The highest BCUT2D eigenvalue weighted by Crippen LogP contribution is 2.33. The number of carbonyl (C=O) groups excluding carboxylic acids is 1. The van der Waals surface area contributed by atoms with Crippen LogP contribution in [0.1, 0.15) is 23.7 Å². The Hall–Kier alpha value is -0.980. The van der Waals surface area contributed by atoms with Crippen LogP contribution in [-0.4, -0.2) is 44.0 Å². The Morgan fingerprint density at radius 2 is 2.05 bits per heavy atom. The highest BCUT2D eigenvalue weighted by Gasteiger charge is 2.41. The van der Waals surface area contributed by atoms with E-state index in [1.807, 2.05) is 6.92 Å². The van der Waals surface area contributed by atoms with E-state index in [1.165, 1.54) is 28.8 Å². The minimum absolute atomic E-state index is 0.104. The van der Waals surface area contributed by atoms with E-state index in [2.05, 4.69) is 4.98 Å². The molecule has 2 unspecified atom stereocenters. The van der Waals surface area contributed by atoms with Crippen molar-refractivity contribution >= 4 is 46.8 Å². The van der Waals surface area contributed by atoms with Gasteiger partial charge in [0.25, 0.3) is 5.91 Å². The van der Waals surface area contributed by atoms with Crippen molar-refractivity contribution in [3.8, 4) is 0 Å². The summed E-state index contributed by atoms with van der Waals surface area (Å²) in [7, 11) is 0. The fraction of sp³-hybridized carbons (Fsp3) is 0.417. The molecule has 2 rings (SSSR count). The first-order valence-electron chi connectivity index (χ1n) is 5.94. The fourth-order valence-electron chi connectivity index (χ4n) is 2.08. The lowest BCUT2D eigenvalue weighted by atomic mass is 10.2. The van der Waals surface area contributed by atoms with E-state index in [-0.39, 0.29) is 27.2 Å². The number of pyridine rings is 1. The van der Waals surface area contributed by atoms with Gasteiger partial charge in [0, 0.05) is 11.3 Å². The number of carboxylic acid groups (broad SMARTS) is 1. The monoisotopic (exact) mass is 334 g/mol. The molecule has 1 saturated heterocycles. The molecule has 1 amide bonds. The maximum atomic E-state index is 12.5. The molecule has 5 nitrogen and oxygen atoms in total. The molecule has 1 aliphatic rings. The number of carbonyl (C=O) groups is 2. The molecule has 8 heteroatoms. The average Bonchev–Trinajstić information content (AvgIpc) is 2.80. The van der Waals surface area contributed by atoms with Gasteiger partial charge in [-0.05, 0) is 18.6 Å². The molecule has 0 aromatic carbocycles. The molecule has 1 aliphatic heterocycles. The third-order valence-corrected chi connectivity index (χ3v) is 4.81. The maximum absolute atomic E-state index is 12.5. The van der Waals surface area contributed by atoms with Crippen molar-refractivity contribution in [3.63, 3.8) is 0 Å². The van der Waals surface area contributed by atoms with Crippen LogP contribution in [0.15, 0.2) is 12.1 Å². The maximum Gasteiger partial charge on any atom is 0.327 e. The number of carboxylic acids is 1. The van der Waals surface area contributed by atoms with Gasteiger partial charge in [-0.3, -0.25) is 4.79 Å². The zero-order valence-corrected chi connectivity index (χ0v) is 12.9. The van der Waals surface area contributed by atoms with Crippen LogP contribution in [0.4, 0.5) is 0 Å². The molecule has 1 aromatic heterocycles. The molecule has 2 heterocycles. The minimum Gasteiger partial charge on any atom is -0.480 e. The van der Waals surface area contributed by atoms with E-state index in [0.717, 1.165) is 0 Å². The molecular weight excluding hydrogens is 323 g/mol. The molecule has 0 spiro atoms. The van der Waals surface area contributed by atoms with Crippen LogP contribution in [0.5, 0.6) is 0 Å². The predicted molar refractivity (Wildman–Crippen MR) is 78.4 cm³/mol. The molecule has 108 valence electrons. The summed E-state index contributed by atoms with van der Waals surface area (Å²) in [5.74, 6) is -1.01. The largest absolute Gasteiger partial charge is 0.480 e. The lowest BCUT2D eigenvalue weighted by Crippen LogP contribution is -2.45. The van der Waals surface area contributed by atoms with Crippen molar-refractivity contribution in [2.45, 2.75) is 24.8 Å². The van der Waals surface area contributed by atoms with Crippen LogP contribution in [-0.2, 0) is 4.79 Å². The van der Waals surface area contributed by atoms with Gasteiger partial charge in [0.2, 0.25) is 0 Å². The summed E-state index contributed by atoms with van der Waals surface area (Å²) in [6.07, 6.45) is 0.673. The van der Waals surface area contributed by atoms with Crippen LogP contribution in [0.3, 0.4) is 0 Å². The molecule has 2 atom stereocenters. The Labute approximate surface area is 130 Å². The third-order valence-electron chi connectivity index (χ3n) is 2.97. The third kappa shape index (κ3) is 3.02. The SMILES string of the molecule is CCC1SCC(C(=O)O)N1C(=O)c1cc(Cl)nc(Cl)c1. The molecule has 0 bridgehead atoms. The zero-order chi connectivity index (χ0) is 14.9. The van der Waals surface area contributed by atoms with Gasteiger partial charge >= 0.3 is 5.97 Å². The predicted octanol–water partition coefficient (Wildman–Crippen LogP) is 2.77. The number of thioether (sulfide) groups is 1. The van der Waals surface area contributed by atoms with Gasteiger partial charge in [-0.1, -0.05) is 30.1 Å². The molecule has 0 saturated carbocycles. The van der Waals surface area contributed by atoms with E-state index >= 15 is 0 Å². The van der Waals surface area contributed by atoms with Gasteiger partial charge in [-0.2, -0.15) is 0 Å². The first-order valence-corrected chi connectivity index (χ1v) is 7.74. The van der Waals surface area contributed by atoms with E-state index in [0.29, 0.717) is 12.2 Å². The average molecular weight is 335 g/mol. The van der Waals surface area contributed by atoms with Crippen molar-refractivity contribution in [2.24, 2.45) is 0 Å². The number of rotatable bonds is 3. The normalized spacial score (nSPS) is 22.1. The Bertz CT molecular complexity index is 535. The number of nitrogens with zero attached hydrogens (tertiary/aromatic N) is 2. The molecule has 20 heavy (non-hydrogen) atoms. The molecule has 1 fully saturated rings. The van der Waals surface area contributed by atoms with Crippen LogP contribution in [0, 0.1) is 0 Å². The lowest BCUT2D eigenvalue weighted by molar-refractivity contribution is -0.141. The highest BCUT2D eigenvalue weighted by atomic mass is 35.5. The summed E-state index contributed by atoms with van der Waals surface area (Å²) < 4.78 is 0. The Kier molecular flexibility index (Phi) is 4.78. The quantitative estimate of drug-likeness (QED) is 0.860. The van der Waals surface area contributed by atoms with Gasteiger partial charge < -0.3 is 10.0 Å². The molecule has 1 aromatic rings. The second kappa shape index (κ2) is 6.20. The number of hydrogen-bond donors (Lipinski definition) is 1. The highest BCUT2D eigenvalue weighted by molar-refractivity contribution is 8.00. The summed E-state index contributed by atoms with van der Waals surface area (Å²) in [6, 6.07) is 1.96. The smallest absolute Gasteiger partial charge is 0.327 e. The van der Waals surface area contributed by atoms with Crippen LogP contribution in [0.25, 0.3) is 0 Å². The van der Waals surface area contributed by atoms with E-state index < -0.39 is 12.0 Å². The van der Waals surface area contributed by atoms with Crippen molar-refractivity contribution < 1.29 is 14.7 Å².